The third kappa shape index (κ3) is 5.11. The molecule has 2 atom stereocenters. The van der Waals surface area contributed by atoms with Crippen molar-refractivity contribution in [2.45, 2.75) is 65.5 Å². The first-order valence-corrected chi connectivity index (χ1v) is 12.1. The van der Waals surface area contributed by atoms with Crippen LogP contribution in [0.15, 0.2) is 34.4 Å². The average Bonchev–Trinajstić information content (AvgIpc) is 3.28. The van der Waals surface area contributed by atoms with Gasteiger partial charge in [0.05, 0.1) is 28.9 Å². The van der Waals surface area contributed by atoms with Gasteiger partial charge in [0.25, 0.3) is 0 Å². The zero-order valence-corrected chi connectivity index (χ0v) is 19.7. The van der Waals surface area contributed by atoms with E-state index < -0.39 is 0 Å². The number of amides is 1. The number of ether oxygens (including phenoxy) is 1. The molecule has 2 aromatic heterocycles. The second-order valence-corrected chi connectivity index (χ2v) is 9.33. The van der Waals surface area contributed by atoms with Crippen molar-refractivity contribution in [3.63, 3.8) is 0 Å². The van der Waals surface area contributed by atoms with Crippen molar-refractivity contribution in [3.8, 4) is 0 Å². The smallest absolute Gasteiger partial charge is 0.329 e. The van der Waals surface area contributed by atoms with E-state index in [4.69, 9.17) is 4.74 Å². The second-order valence-electron chi connectivity index (χ2n) is 8.47. The maximum atomic E-state index is 12.9. The lowest BCUT2D eigenvalue weighted by molar-refractivity contribution is -0.116. The summed E-state index contributed by atoms with van der Waals surface area (Å²) < 4.78 is 9.26. The number of rotatable bonds is 8. The fourth-order valence-electron chi connectivity index (χ4n) is 4.40. The molecule has 9 heteroatoms. The van der Waals surface area contributed by atoms with Crippen LogP contribution in [-0.4, -0.2) is 50.2 Å². The lowest BCUT2D eigenvalue weighted by Gasteiger charge is -2.34. The van der Waals surface area contributed by atoms with Crippen molar-refractivity contribution in [1.82, 2.24) is 19.0 Å². The molecule has 3 heterocycles. The third-order valence-corrected chi connectivity index (χ3v) is 6.42. The minimum atomic E-state index is -0.140. The van der Waals surface area contributed by atoms with Crippen molar-refractivity contribution in [1.29, 1.82) is 0 Å². The number of carbonyl (C=O) groups is 1. The van der Waals surface area contributed by atoms with E-state index in [1.54, 1.807) is 9.13 Å². The Balaban J connectivity index is 1.36. The minimum absolute atomic E-state index is 0.0636. The second kappa shape index (κ2) is 9.97. The highest BCUT2D eigenvalue weighted by molar-refractivity contribution is 7.13. The molecular weight excluding hydrogens is 426 g/mol. The fourth-order valence-corrected chi connectivity index (χ4v) is 5.12. The number of para-hydroxylation sites is 2. The highest BCUT2D eigenvalue weighted by Gasteiger charge is 2.23. The van der Waals surface area contributed by atoms with Crippen LogP contribution < -0.4 is 11.0 Å². The first kappa shape index (κ1) is 22.7. The van der Waals surface area contributed by atoms with Gasteiger partial charge in [0.1, 0.15) is 0 Å². The van der Waals surface area contributed by atoms with Crippen LogP contribution in [0.3, 0.4) is 0 Å². The molecule has 1 N–H and O–H groups in total. The first-order valence-electron chi connectivity index (χ1n) is 11.2. The normalized spacial score (nSPS) is 19.5. The van der Waals surface area contributed by atoms with E-state index in [0.717, 1.165) is 42.8 Å². The number of nitrogens with one attached hydrogen (secondary N) is 1. The van der Waals surface area contributed by atoms with Crippen molar-refractivity contribution in [2.24, 2.45) is 0 Å². The fraction of sp³-hybridized carbons (Fsp3) is 0.522. The number of nitrogens with zero attached hydrogens (tertiary/aromatic N) is 4. The number of fused-ring (bicyclic) bond motifs is 1. The van der Waals surface area contributed by atoms with Crippen LogP contribution in [-0.2, 0) is 29.2 Å². The highest BCUT2D eigenvalue weighted by Crippen LogP contribution is 2.20. The van der Waals surface area contributed by atoms with Gasteiger partial charge in [-0.1, -0.05) is 19.1 Å². The standard InChI is InChI=1S/C23H31N5O3S/c1-4-10-27-19-7-5-6-8-20(19)28(23(27)30)11-9-21(29)25-22-24-18(15-32-22)14-26-12-16(2)31-17(3)13-26/h5-8,15-17H,4,9-14H2,1-3H3,(H,24,25,29). The quantitative estimate of drug-likeness (QED) is 0.561. The van der Waals surface area contributed by atoms with Gasteiger partial charge in [-0.15, -0.1) is 11.3 Å². The van der Waals surface area contributed by atoms with Gasteiger partial charge in [-0.3, -0.25) is 18.8 Å². The van der Waals surface area contributed by atoms with Gasteiger partial charge < -0.3 is 10.1 Å². The molecule has 0 saturated carbocycles. The summed E-state index contributed by atoms with van der Waals surface area (Å²) in [7, 11) is 0. The molecular formula is C23H31N5O3S. The number of hydrogen-bond donors (Lipinski definition) is 1. The van der Waals surface area contributed by atoms with Gasteiger partial charge in [-0.2, -0.15) is 0 Å². The SMILES string of the molecule is CCCn1c(=O)n(CCC(=O)Nc2nc(CN3CC(C)OC(C)C3)cs2)c2ccccc21. The summed E-state index contributed by atoms with van der Waals surface area (Å²) in [6.07, 6.45) is 1.52. The highest BCUT2D eigenvalue weighted by atomic mass is 32.1. The molecule has 0 radical (unpaired) electrons. The van der Waals surface area contributed by atoms with Crippen LogP contribution >= 0.6 is 11.3 Å². The predicted octanol–water partition coefficient (Wildman–Crippen LogP) is 3.31. The lowest BCUT2D eigenvalue weighted by Crippen LogP contribution is -2.44. The maximum absolute atomic E-state index is 12.9. The van der Waals surface area contributed by atoms with Crippen LogP contribution in [0.5, 0.6) is 0 Å². The molecule has 0 aliphatic carbocycles. The molecule has 0 bridgehead atoms. The zero-order valence-electron chi connectivity index (χ0n) is 18.9. The van der Waals surface area contributed by atoms with Gasteiger partial charge in [0.15, 0.2) is 5.13 Å². The number of hydrogen-bond acceptors (Lipinski definition) is 6. The summed E-state index contributed by atoms with van der Waals surface area (Å²) in [5.41, 5.74) is 2.66. The summed E-state index contributed by atoms with van der Waals surface area (Å²) >= 11 is 1.43. The maximum Gasteiger partial charge on any atom is 0.329 e. The van der Waals surface area contributed by atoms with Crippen LogP contribution in [0.2, 0.25) is 0 Å². The number of thiazole rings is 1. The van der Waals surface area contributed by atoms with E-state index >= 15 is 0 Å². The topological polar surface area (TPSA) is 81.4 Å². The molecule has 1 aliphatic heterocycles. The van der Waals surface area contributed by atoms with E-state index in [1.165, 1.54) is 11.3 Å². The van der Waals surface area contributed by atoms with Crippen LogP contribution in [0.25, 0.3) is 11.0 Å². The number of aromatic nitrogens is 3. The number of imidazole rings is 1. The Labute approximate surface area is 191 Å². The summed E-state index contributed by atoms with van der Waals surface area (Å²) in [4.78, 5) is 32.3. The van der Waals surface area contributed by atoms with Crippen molar-refractivity contribution < 1.29 is 9.53 Å². The Morgan fingerprint density at radius 2 is 1.81 bits per heavy atom. The molecule has 1 aromatic carbocycles. The number of morpholine rings is 1. The first-order chi connectivity index (χ1) is 15.4. The number of anilines is 1. The van der Waals surface area contributed by atoms with Crippen LogP contribution in [0.1, 0.15) is 39.3 Å². The van der Waals surface area contributed by atoms with Gasteiger partial charge >= 0.3 is 5.69 Å². The largest absolute Gasteiger partial charge is 0.373 e. The average molecular weight is 458 g/mol. The third-order valence-electron chi connectivity index (χ3n) is 5.61. The van der Waals surface area contributed by atoms with Gasteiger partial charge in [-0.05, 0) is 32.4 Å². The van der Waals surface area contributed by atoms with Crippen molar-refractivity contribution in [3.05, 3.63) is 45.8 Å². The predicted molar refractivity (Wildman–Crippen MR) is 127 cm³/mol. The molecule has 1 amide bonds. The Hall–Kier alpha value is -2.49. The van der Waals surface area contributed by atoms with Crippen molar-refractivity contribution >= 4 is 33.4 Å². The lowest BCUT2D eigenvalue weighted by atomic mass is 10.2. The van der Waals surface area contributed by atoms with Gasteiger partial charge in [0, 0.05) is 44.5 Å². The zero-order chi connectivity index (χ0) is 22.7. The molecule has 0 spiro atoms. The Morgan fingerprint density at radius 1 is 1.16 bits per heavy atom. The summed E-state index contributed by atoms with van der Waals surface area (Å²) in [5.74, 6) is -0.140. The van der Waals surface area contributed by atoms with Gasteiger partial charge in [-0.25, -0.2) is 9.78 Å². The van der Waals surface area contributed by atoms with E-state index in [1.807, 2.05) is 29.6 Å². The van der Waals surface area contributed by atoms with E-state index in [0.29, 0.717) is 18.2 Å². The monoisotopic (exact) mass is 457 g/mol. The minimum Gasteiger partial charge on any atom is -0.373 e. The van der Waals surface area contributed by atoms with Crippen LogP contribution in [0, 0.1) is 0 Å². The van der Waals surface area contributed by atoms with Crippen molar-refractivity contribution in [2.75, 3.05) is 18.4 Å². The van der Waals surface area contributed by atoms with Crippen LogP contribution in [0.4, 0.5) is 5.13 Å². The number of aryl methyl sites for hydroxylation is 2. The Morgan fingerprint density at radius 3 is 2.47 bits per heavy atom. The Bertz CT molecular complexity index is 1120. The molecule has 3 aromatic rings. The summed E-state index contributed by atoms with van der Waals surface area (Å²) in [6, 6.07) is 7.74. The molecule has 172 valence electrons. The molecule has 4 rings (SSSR count). The molecule has 32 heavy (non-hydrogen) atoms. The summed E-state index contributed by atoms with van der Waals surface area (Å²) in [5, 5.41) is 5.48. The molecule has 2 unspecified atom stereocenters. The molecule has 1 fully saturated rings. The molecule has 8 nitrogen and oxygen atoms in total. The number of carbonyl (C=O) groups excluding carboxylic acids is 1. The molecule has 1 saturated heterocycles. The molecule has 1 aliphatic rings. The van der Waals surface area contributed by atoms with E-state index in [-0.39, 0.29) is 30.2 Å². The van der Waals surface area contributed by atoms with Gasteiger partial charge in [0.2, 0.25) is 5.91 Å². The van der Waals surface area contributed by atoms with E-state index in [2.05, 4.69) is 36.0 Å². The Kier molecular flexibility index (Phi) is 7.07. The van der Waals surface area contributed by atoms with E-state index in [9.17, 15) is 9.59 Å². The number of benzene rings is 1. The summed E-state index contributed by atoms with van der Waals surface area (Å²) in [6.45, 7) is 9.73.